The van der Waals surface area contributed by atoms with Crippen LogP contribution in [0, 0.1) is 39.8 Å². The van der Waals surface area contributed by atoms with Gasteiger partial charge in [-0.2, -0.15) is 15.8 Å². The van der Waals surface area contributed by atoms with Gasteiger partial charge in [0, 0.05) is 19.7 Å². The minimum atomic E-state index is -0.730. The SMILES string of the molecule is CN(C)c1ccc(C=C(C#N)C#N)c(F)c1C#N. The first-order valence-electron chi connectivity index (χ1n) is 4.97. The lowest BCUT2D eigenvalue weighted by Crippen LogP contribution is -2.11. The lowest BCUT2D eigenvalue weighted by atomic mass is 10.1. The van der Waals surface area contributed by atoms with Gasteiger partial charge in [0.05, 0.1) is 5.69 Å². The molecule has 1 rings (SSSR count). The molecule has 1 aromatic carbocycles. The standard InChI is InChI=1S/C13H9FN4/c1-18(2)12-4-3-10(5-9(6-15)7-16)13(14)11(12)8-17/h3-5H,1-2H3. The molecule has 0 aliphatic heterocycles. The van der Waals surface area contributed by atoms with E-state index in [1.54, 1.807) is 43.3 Å². The molecule has 18 heavy (non-hydrogen) atoms. The third kappa shape index (κ3) is 2.45. The lowest BCUT2D eigenvalue weighted by Gasteiger charge is -2.15. The Morgan fingerprint density at radius 2 is 1.83 bits per heavy atom. The van der Waals surface area contributed by atoms with E-state index in [-0.39, 0.29) is 16.7 Å². The van der Waals surface area contributed by atoms with Crippen molar-refractivity contribution in [2.75, 3.05) is 19.0 Å². The number of nitrogens with zero attached hydrogens (tertiary/aromatic N) is 4. The molecule has 0 amide bonds. The fraction of sp³-hybridized carbons (Fsp3) is 0.154. The van der Waals surface area contributed by atoms with E-state index in [2.05, 4.69) is 0 Å². The Labute approximate surface area is 104 Å². The minimum absolute atomic E-state index is 0.0512. The molecular formula is C13H9FN4. The molecule has 0 saturated carbocycles. The Bertz CT molecular complexity index is 608. The van der Waals surface area contributed by atoms with Gasteiger partial charge in [0.15, 0.2) is 0 Å². The highest BCUT2D eigenvalue weighted by Gasteiger charge is 2.13. The molecule has 1 aromatic rings. The molecule has 0 atom stereocenters. The Morgan fingerprint density at radius 1 is 1.22 bits per heavy atom. The van der Waals surface area contributed by atoms with Crippen molar-refractivity contribution in [2.45, 2.75) is 0 Å². The van der Waals surface area contributed by atoms with Crippen molar-refractivity contribution in [2.24, 2.45) is 0 Å². The van der Waals surface area contributed by atoms with Crippen LogP contribution < -0.4 is 4.90 Å². The molecule has 4 nitrogen and oxygen atoms in total. The van der Waals surface area contributed by atoms with Crippen LogP contribution in [0.4, 0.5) is 10.1 Å². The van der Waals surface area contributed by atoms with Gasteiger partial charge >= 0.3 is 0 Å². The summed E-state index contributed by atoms with van der Waals surface area (Å²) in [7, 11) is 3.39. The van der Waals surface area contributed by atoms with Crippen LogP contribution in [0.5, 0.6) is 0 Å². The number of allylic oxidation sites excluding steroid dienone is 1. The summed E-state index contributed by atoms with van der Waals surface area (Å²) in [5.74, 6) is -0.730. The molecule has 0 bridgehead atoms. The normalized spacial score (nSPS) is 8.67. The van der Waals surface area contributed by atoms with E-state index in [1.807, 2.05) is 0 Å². The minimum Gasteiger partial charge on any atom is -0.377 e. The summed E-state index contributed by atoms with van der Waals surface area (Å²) in [5.41, 5.74) is 0.178. The number of halogens is 1. The van der Waals surface area contributed by atoms with Crippen molar-refractivity contribution in [1.82, 2.24) is 0 Å². The second kappa shape index (κ2) is 5.48. The van der Waals surface area contributed by atoms with E-state index in [9.17, 15) is 4.39 Å². The smallest absolute Gasteiger partial charge is 0.150 e. The molecule has 88 valence electrons. The quantitative estimate of drug-likeness (QED) is 0.742. The van der Waals surface area contributed by atoms with Crippen LogP contribution in [0.15, 0.2) is 17.7 Å². The van der Waals surface area contributed by atoms with Gasteiger partial charge in [-0.1, -0.05) is 0 Å². The van der Waals surface area contributed by atoms with Crippen molar-refractivity contribution in [1.29, 1.82) is 15.8 Å². The first-order valence-corrected chi connectivity index (χ1v) is 4.97. The van der Waals surface area contributed by atoms with E-state index < -0.39 is 5.82 Å². The molecule has 0 N–H and O–H groups in total. The predicted molar refractivity (Wildman–Crippen MR) is 64.6 cm³/mol. The average molecular weight is 240 g/mol. The fourth-order valence-electron chi connectivity index (χ4n) is 1.42. The van der Waals surface area contributed by atoms with Crippen LogP contribution >= 0.6 is 0 Å². The Morgan fingerprint density at radius 3 is 2.28 bits per heavy atom. The average Bonchev–Trinajstić information content (AvgIpc) is 2.36. The second-order valence-corrected chi connectivity index (χ2v) is 3.65. The number of rotatable bonds is 2. The van der Waals surface area contributed by atoms with E-state index in [1.165, 1.54) is 6.07 Å². The van der Waals surface area contributed by atoms with Crippen molar-refractivity contribution in [3.8, 4) is 18.2 Å². The van der Waals surface area contributed by atoms with Crippen molar-refractivity contribution in [3.63, 3.8) is 0 Å². The molecule has 5 heteroatoms. The number of hydrogen-bond donors (Lipinski definition) is 0. The zero-order valence-corrected chi connectivity index (χ0v) is 9.90. The monoisotopic (exact) mass is 240 g/mol. The van der Waals surface area contributed by atoms with Gasteiger partial charge in [-0.05, 0) is 18.2 Å². The summed E-state index contributed by atoms with van der Waals surface area (Å²) in [6.45, 7) is 0. The Balaban J connectivity index is 3.47. The van der Waals surface area contributed by atoms with Crippen LogP contribution in [0.25, 0.3) is 6.08 Å². The highest BCUT2D eigenvalue weighted by Crippen LogP contribution is 2.25. The Hall–Kier alpha value is -2.84. The molecule has 0 saturated heterocycles. The van der Waals surface area contributed by atoms with Gasteiger partial charge in [0.2, 0.25) is 0 Å². The first kappa shape index (κ1) is 13.2. The maximum atomic E-state index is 14.0. The molecule has 0 aliphatic rings. The molecule has 0 unspecified atom stereocenters. The first-order chi connectivity index (χ1) is 8.54. The molecule has 0 spiro atoms. The largest absolute Gasteiger partial charge is 0.377 e. The summed E-state index contributed by atoms with van der Waals surface area (Å²) >= 11 is 0. The van der Waals surface area contributed by atoms with E-state index in [0.29, 0.717) is 5.69 Å². The summed E-state index contributed by atoms with van der Waals surface area (Å²) < 4.78 is 14.0. The molecule has 0 heterocycles. The third-order valence-electron chi connectivity index (χ3n) is 2.28. The number of benzene rings is 1. The topological polar surface area (TPSA) is 74.6 Å². The van der Waals surface area contributed by atoms with Gasteiger partial charge in [0.1, 0.15) is 35.2 Å². The molecule has 0 radical (unpaired) electrons. The van der Waals surface area contributed by atoms with Gasteiger partial charge in [0.25, 0.3) is 0 Å². The summed E-state index contributed by atoms with van der Waals surface area (Å²) in [5, 5.41) is 26.2. The van der Waals surface area contributed by atoms with Gasteiger partial charge in [-0.15, -0.1) is 0 Å². The zero-order valence-electron chi connectivity index (χ0n) is 9.90. The van der Waals surface area contributed by atoms with Crippen LogP contribution in [-0.2, 0) is 0 Å². The van der Waals surface area contributed by atoms with Crippen LogP contribution in [0.2, 0.25) is 0 Å². The molecule has 0 fully saturated rings. The summed E-state index contributed by atoms with van der Waals surface area (Å²) in [6, 6.07) is 8.07. The van der Waals surface area contributed by atoms with Crippen molar-refractivity contribution in [3.05, 3.63) is 34.6 Å². The maximum absolute atomic E-state index is 14.0. The van der Waals surface area contributed by atoms with Gasteiger partial charge in [-0.3, -0.25) is 0 Å². The van der Waals surface area contributed by atoms with E-state index >= 15 is 0 Å². The van der Waals surface area contributed by atoms with Crippen LogP contribution in [0.1, 0.15) is 11.1 Å². The van der Waals surface area contributed by atoms with Gasteiger partial charge < -0.3 is 4.90 Å². The van der Waals surface area contributed by atoms with E-state index in [0.717, 1.165) is 6.08 Å². The van der Waals surface area contributed by atoms with Crippen molar-refractivity contribution < 1.29 is 4.39 Å². The number of nitriles is 3. The highest BCUT2D eigenvalue weighted by molar-refractivity contribution is 5.69. The maximum Gasteiger partial charge on any atom is 0.150 e. The van der Waals surface area contributed by atoms with Crippen molar-refractivity contribution >= 4 is 11.8 Å². The lowest BCUT2D eigenvalue weighted by molar-refractivity contribution is 0.621. The third-order valence-corrected chi connectivity index (χ3v) is 2.28. The molecular weight excluding hydrogens is 231 g/mol. The zero-order chi connectivity index (χ0) is 13.7. The number of anilines is 1. The highest BCUT2D eigenvalue weighted by atomic mass is 19.1. The van der Waals surface area contributed by atoms with Crippen LogP contribution in [-0.4, -0.2) is 14.1 Å². The van der Waals surface area contributed by atoms with Gasteiger partial charge in [-0.25, -0.2) is 4.39 Å². The Kier molecular flexibility index (Phi) is 4.02. The number of hydrogen-bond acceptors (Lipinski definition) is 4. The van der Waals surface area contributed by atoms with Crippen LogP contribution in [0.3, 0.4) is 0 Å². The predicted octanol–water partition coefficient (Wildman–Crippen LogP) is 2.19. The summed E-state index contributed by atoms with van der Waals surface area (Å²) in [6.07, 6.45) is 1.12. The fourth-order valence-corrected chi connectivity index (χ4v) is 1.42. The molecule has 0 aliphatic carbocycles. The second-order valence-electron chi connectivity index (χ2n) is 3.65. The summed E-state index contributed by atoms with van der Waals surface area (Å²) in [4.78, 5) is 1.62. The molecule has 0 aromatic heterocycles. The van der Waals surface area contributed by atoms with E-state index in [4.69, 9.17) is 15.8 Å².